The summed E-state index contributed by atoms with van der Waals surface area (Å²) in [6, 6.07) is 9.62. The minimum absolute atomic E-state index is 0.755. The zero-order valence-electron chi connectivity index (χ0n) is 10.6. The molecular weight excluding hydrogens is 273 g/mol. The topological polar surface area (TPSA) is 68.8 Å². The first kappa shape index (κ1) is 14.8. The summed E-state index contributed by atoms with van der Waals surface area (Å²) in [6.07, 6.45) is -3.89. The van der Waals surface area contributed by atoms with Crippen molar-refractivity contribution in [3.63, 3.8) is 0 Å². The van der Waals surface area contributed by atoms with Crippen LogP contribution in [-0.4, -0.2) is 31.3 Å². The SMILES string of the molecule is O=C([O-])C(F)(F)F.c1ccc2c(c1)[NH2+]C1CCNCC21. The molecule has 0 aromatic heterocycles. The highest BCUT2D eigenvalue weighted by Gasteiger charge is 2.37. The van der Waals surface area contributed by atoms with Crippen LogP contribution in [0.1, 0.15) is 17.9 Å². The van der Waals surface area contributed by atoms with Crippen molar-refractivity contribution in [1.29, 1.82) is 0 Å². The van der Waals surface area contributed by atoms with Crippen molar-refractivity contribution >= 4 is 11.7 Å². The lowest BCUT2D eigenvalue weighted by Crippen LogP contribution is -2.84. The van der Waals surface area contributed by atoms with Gasteiger partial charge in [-0.3, -0.25) is 0 Å². The van der Waals surface area contributed by atoms with E-state index in [0.29, 0.717) is 0 Å². The first-order valence-corrected chi connectivity index (χ1v) is 6.32. The molecule has 20 heavy (non-hydrogen) atoms. The second kappa shape index (κ2) is 5.80. The quantitative estimate of drug-likeness (QED) is 0.641. The first-order valence-electron chi connectivity index (χ1n) is 6.32. The molecule has 1 saturated heterocycles. The maximum absolute atomic E-state index is 10.5. The van der Waals surface area contributed by atoms with Crippen LogP contribution in [0.25, 0.3) is 0 Å². The molecule has 0 spiro atoms. The van der Waals surface area contributed by atoms with Gasteiger partial charge < -0.3 is 20.5 Å². The number of carbonyl (C=O) groups excluding carboxylic acids is 1. The second-order valence-electron chi connectivity index (χ2n) is 4.84. The molecule has 7 heteroatoms. The molecular formula is C13H15F3N2O2. The van der Waals surface area contributed by atoms with Crippen LogP contribution < -0.4 is 15.7 Å². The van der Waals surface area contributed by atoms with Crippen LogP contribution in [0.3, 0.4) is 0 Å². The summed E-state index contributed by atoms with van der Waals surface area (Å²) >= 11 is 0. The van der Waals surface area contributed by atoms with Gasteiger partial charge in [0.1, 0.15) is 17.7 Å². The van der Waals surface area contributed by atoms with Gasteiger partial charge in [0.15, 0.2) is 0 Å². The molecule has 0 amide bonds. The van der Waals surface area contributed by atoms with Gasteiger partial charge in [-0.15, -0.1) is 0 Å². The molecule has 2 heterocycles. The third kappa shape index (κ3) is 3.29. The Morgan fingerprint density at radius 2 is 2.00 bits per heavy atom. The Hall–Kier alpha value is -1.60. The summed E-state index contributed by atoms with van der Waals surface area (Å²) in [7, 11) is 0. The van der Waals surface area contributed by atoms with Crippen molar-refractivity contribution < 1.29 is 28.4 Å². The molecule has 1 aromatic rings. The van der Waals surface area contributed by atoms with Crippen LogP contribution in [0.4, 0.5) is 18.9 Å². The highest BCUT2D eigenvalue weighted by atomic mass is 19.4. The number of hydrogen-bond donors (Lipinski definition) is 2. The Bertz CT molecular complexity index is 491. The van der Waals surface area contributed by atoms with E-state index in [2.05, 4.69) is 34.9 Å². The number of quaternary nitrogens is 1. The molecule has 0 radical (unpaired) electrons. The van der Waals surface area contributed by atoms with Crippen molar-refractivity contribution in [3.05, 3.63) is 29.8 Å². The number of hydrogen-bond acceptors (Lipinski definition) is 3. The molecule has 2 atom stereocenters. The summed E-state index contributed by atoms with van der Waals surface area (Å²) in [6.45, 7) is 2.35. The highest BCUT2D eigenvalue weighted by Crippen LogP contribution is 2.30. The third-order valence-electron chi connectivity index (χ3n) is 3.56. The number of nitrogens with two attached hydrogens (primary N) is 1. The molecule has 4 nitrogen and oxygen atoms in total. The summed E-state index contributed by atoms with van der Waals surface area (Å²) < 4.78 is 31.5. The standard InChI is InChI=1S/C11H14N2.C2HF3O2/c1-2-4-10-8(3-1)9-7-12-6-5-11(9)13-10;3-2(4,5)1(6)7/h1-4,9,11-13H,5-7H2;(H,6,7). The lowest BCUT2D eigenvalue weighted by Gasteiger charge is -2.22. The zero-order valence-corrected chi connectivity index (χ0v) is 10.6. The molecule has 2 aliphatic heterocycles. The molecule has 2 unspecified atom stereocenters. The molecule has 0 saturated carbocycles. The fourth-order valence-electron chi connectivity index (χ4n) is 2.65. The molecule has 2 aliphatic rings. The monoisotopic (exact) mass is 288 g/mol. The van der Waals surface area contributed by atoms with Gasteiger partial charge in [-0.25, -0.2) is 0 Å². The van der Waals surface area contributed by atoms with Crippen LogP contribution in [0, 0.1) is 0 Å². The number of rotatable bonds is 0. The lowest BCUT2D eigenvalue weighted by molar-refractivity contribution is -0.605. The van der Waals surface area contributed by atoms with Gasteiger partial charge in [0.25, 0.3) is 0 Å². The van der Waals surface area contributed by atoms with Gasteiger partial charge in [-0.05, 0) is 6.07 Å². The van der Waals surface area contributed by atoms with E-state index >= 15 is 0 Å². The van der Waals surface area contributed by atoms with Crippen molar-refractivity contribution in [1.82, 2.24) is 5.32 Å². The van der Waals surface area contributed by atoms with E-state index in [1.807, 2.05) is 0 Å². The molecule has 110 valence electrons. The number of aliphatic carboxylic acids is 1. The normalized spacial score (nSPS) is 24.1. The Morgan fingerprint density at radius 3 is 2.65 bits per heavy atom. The lowest BCUT2D eigenvalue weighted by atomic mass is 9.91. The summed E-state index contributed by atoms with van der Waals surface area (Å²) in [5.41, 5.74) is 3.03. The van der Waals surface area contributed by atoms with Crippen LogP contribution in [0.5, 0.6) is 0 Å². The number of benzene rings is 1. The number of para-hydroxylation sites is 1. The number of nitrogens with one attached hydrogen (secondary N) is 1. The summed E-state index contributed by atoms with van der Waals surface area (Å²) in [5.74, 6) is -2.25. The predicted octanol–water partition coefficient (Wildman–Crippen LogP) is -0.361. The summed E-state index contributed by atoms with van der Waals surface area (Å²) in [5, 5.41) is 14.7. The molecule has 3 rings (SSSR count). The Balaban J connectivity index is 0.000000182. The smallest absolute Gasteiger partial charge is 0.430 e. The molecule has 0 bridgehead atoms. The summed E-state index contributed by atoms with van der Waals surface area (Å²) in [4.78, 5) is 8.78. The second-order valence-corrected chi connectivity index (χ2v) is 4.84. The molecule has 0 aliphatic carbocycles. The van der Waals surface area contributed by atoms with Crippen molar-refractivity contribution in [3.8, 4) is 0 Å². The Kier molecular flexibility index (Phi) is 4.29. The van der Waals surface area contributed by atoms with Gasteiger partial charge >= 0.3 is 6.18 Å². The van der Waals surface area contributed by atoms with Gasteiger partial charge in [0.2, 0.25) is 0 Å². The predicted molar refractivity (Wildman–Crippen MR) is 63.1 cm³/mol. The molecule has 1 fully saturated rings. The van der Waals surface area contributed by atoms with Crippen molar-refractivity contribution in [2.75, 3.05) is 13.1 Å². The van der Waals surface area contributed by atoms with Crippen LogP contribution >= 0.6 is 0 Å². The minimum atomic E-state index is -5.19. The number of carboxylic acids is 1. The van der Waals surface area contributed by atoms with E-state index in [1.165, 1.54) is 18.7 Å². The van der Waals surface area contributed by atoms with E-state index in [9.17, 15) is 13.2 Å². The number of piperidine rings is 1. The average Bonchev–Trinajstić information content (AvgIpc) is 2.77. The van der Waals surface area contributed by atoms with E-state index < -0.39 is 12.1 Å². The van der Waals surface area contributed by atoms with E-state index in [0.717, 1.165) is 18.5 Å². The van der Waals surface area contributed by atoms with Crippen LogP contribution in [0.2, 0.25) is 0 Å². The third-order valence-corrected chi connectivity index (χ3v) is 3.56. The number of alkyl halides is 3. The molecule has 3 N–H and O–H groups in total. The number of fused-ring (bicyclic) bond motifs is 3. The van der Waals surface area contributed by atoms with Crippen molar-refractivity contribution in [2.45, 2.75) is 24.6 Å². The fraction of sp³-hybridized carbons (Fsp3) is 0.462. The van der Waals surface area contributed by atoms with Crippen molar-refractivity contribution in [2.24, 2.45) is 0 Å². The number of halogens is 3. The van der Waals surface area contributed by atoms with Crippen LogP contribution in [-0.2, 0) is 4.79 Å². The largest absolute Gasteiger partial charge is 0.542 e. The average molecular weight is 288 g/mol. The van der Waals surface area contributed by atoms with Crippen LogP contribution in [0.15, 0.2) is 24.3 Å². The number of carbonyl (C=O) groups is 1. The highest BCUT2D eigenvalue weighted by molar-refractivity contribution is 5.70. The van der Waals surface area contributed by atoms with Gasteiger partial charge in [0.05, 0.1) is 5.92 Å². The van der Waals surface area contributed by atoms with Gasteiger partial charge in [-0.2, -0.15) is 13.2 Å². The fourth-order valence-corrected chi connectivity index (χ4v) is 2.65. The Morgan fingerprint density at radius 1 is 1.35 bits per heavy atom. The van der Waals surface area contributed by atoms with Gasteiger partial charge in [0, 0.05) is 25.1 Å². The first-order chi connectivity index (χ1) is 9.39. The molecule has 1 aromatic carbocycles. The van der Waals surface area contributed by atoms with E-state index in [-0.39, 0.29) is 0 Å². The Labute approximate surface area is 114 Å². The van der Waals surface area contributed by atoms with E-state index in [4.69, 9.17) is 9.90 Å². The van der Waals surface area contributed by atoms with E-state index in [1.54, 1.807) is 5.56 Å². The van der Waals surface area contributed by atoms with Gasteiger partial charge in [-0.1, -0.05) is 18.2 Å². The maximum atomic E-state index is 10.5. The maximum Gasteiger partial charge on any atom is 0.430 e. The minimum Gasteiger partial charge on any atom is -0.542 e. The zero-order chi connectivity index (χ0) is 14.8. The number of carboxylic acid groups (broad SMARTS) is 1.